The van der Waals surface area contributed by atoms with Crippen molar-refractivity contribution in [3.05, 3.63) is 35.4 Å². The van der Waals surface area contributed by atoms with E-state index in [0.717, 1.165) is 12.1 Å². The van der Waals surface area contributed by atoms with Crippen LogP contribution in [0, 0.1) is 0 Å². The molecule has 2 amide bonds. The van der Waals surface area contributed by atoms with Gasteiger partial charge in [-0.3, -0.25) is 9.59 Å². The average molecular weight is 389 g/mol. The smallest absolute Gasteiger partial charge is 0.355 e. The molecule has 1 aromatic carbocycles. The SMILES string of the molecule is CN(C)CCNC(=O)CCN1C(=O)CS[C@@H]1c1cccc(C(F)(F)F)c1. The maximum Gasteiger partial charge on any atom is 0.416 e. The zero-order chi connectivity index (χ0) is 19.3. The number of likely N-dealkylation sites (N-methyl/N-ethyl adjacent to an activating group) is 1. The molecule has 0 aromatic heterocycles. The molecule has 1 heterocycles. The van der Waals surface area contributed by atoms with E-state index in [1.165, 1.54) is 22.7 Å². The number of hydrogen-bond donors (Lipinski definition) is 1. The quantitative estimate of drug-likeness (QED) is 0.778. The molecule has 144 valence electrons. The summed E-state index contributed by atoms with van der Waals surface area (Å²) in [6.45, 7) is 1.39. The van der Waals surface area contributed by atoms with Crippen molar-refractivity contribution in [2.75, 3.05) is 39.5 Å². The van der Waals surface area contributed by atoms with Gasteiger partial charge in [-0.2, -0.15) is 13.2 Å². The molecular weight excluding hydrogens is 367 g/mol. The van der Waals surface area contributed by atoms with Gasteiger partial charge >= 0.3 is 6.18 Å². The van der Waals surface area contributed by atoms with Crippen molar-refractivity contribution in [2.24, 2.45) is 0 Å². The normalized spacial score (nSPS) is 17.8. The van der Waals surface area contributed by atoms with Crippen LogP contribution in [0.2, 0.25) is 0 Å². The van der Waals surface area contributed by atoms with Crippen LogP contribution in [0.15, 0.2) is 24.3 Å². The summed E-state index contributed by atoms with van der Waals surface area (Å²) < 4.78 is 38.7. The summed E-state index contributed by atoms with van der Waals surface area (Å²) in [6.07, 6.45) is -4.31. The highest BCUT2D eigenvalue weighted by Gasteiger charge is 2.35. The van der Waals surface area contributed by atoms with Gasteiger partial charge in [-0.25, -0.2) is 0 Å². The Hall–Kier alpha value is -1.74. The van der Waals surface area contributed by atoms with Gasteiger partial charge in [0.1, 0.15) is 5.37 Å². The molecule has 0 radical (unpaired) electrons. The summed E-state index contributed by atoms with van der Waals surface area (Å²) in [5.41, 5.74) is -0.319. The van der Waals surface area contributed by atoms with Crippen molar-refractivity contribution >= 4 is 23.6 Å². The zero-order valence-corrected chi connectivity index (χ0v) is 15.5. The molecule has 1 saturated heterocycles. The Balaban J connectivity index is 1.99. The maximum atomic E-state index is 12.9. The fraction of sp³-hybridized carbons (Fsp3) is 0.529. The van der Waals surface area contributed by atoms with E-state index >= 15 is 0 Å². The molecule has 1 aliphatic heterocycles. The molecule has 5 nitrogen and oxygen atoms in total. The minimum Gasteiger partial charge on any atom is -0.355 e. The Labute approximate surface area is 154 Å². The fourth-order valence-electron chi connectivity index (χ4n) is 2.57. The van der Waals surface area contributed by atoms with Gasteiger partial charge in [0, 0.05) is 26.1 Å². The van der Waals surface area contributed by atoms with Crippen LogP contribution in [-0.2, 0) is 15.8 Å². The van der Waals surface area contributed by atoms with Crippen LogP contribution in [0.25, 0.3) is 0 Å². The van der Waals surface area contributed by atoms with Crippen molar-refractivity contribution in [1.82, 2.24) is 15.1 Å². The molecule has 0 spiro atoms. The lowest BCUT2D eigenvalue weighted by Crippen LogP contribution is -2.35. The molecule has 0 saturated carbocycles. The number of nitrogens with one attached hydrogen (secondary N) is 1. The van der Waals surface area contributed by atoms with Crippen LogP contribution in [0.3, 0.4) is 0 Å². The average Bonchev–Trinajstić information content (AvgIpc) is 2.93. The summed E-state index contributed by atoms with van der Waals surface area (Å²) in [5, 5.41) is 2.26. The van der Waals surface area contributed by atoms with Gasteiger partial charge in [0.05, 0.1) is 11.3 Å². The zero-order valence-electron chi connectivity index (χ0n) is 14.7. The molecule has 1 fully saturated rings. The highest BCUT2D eigenvalue weighted by Crippen LogP contribution is 2.40. The minimum absolute atomic E-state index is 0.120. The number of carbonyl (C=O) groups excluding carboxylic acids is 2. The van der Waals surface area contributed by atoms with Crippen molar-refractivity contribution in [2.45, 2.75) is 18.0 Å². The number of hydrogen-bond acceptors (Lipinski definition) is 4. The molecule has 0 bridgehead atoms. The number of thioether (sulfide) groups is 1. The Bertz CT molecular complexity index is 652. The summed E-state index contributed by atoms with van der Waals surface area (Å²) in [6, 6.07) is 5.00. The predicted octanol–water partition coefficient (Wildman–Crippen LogP) is 2.35. The fourth-order valence-corrected chi connectivity index (χ4v) is 3.78. The molecule has 1 aliphatic rings. The van der Waals surface area contributed by atoms with Crippen molar-refractivity contribution < 1.29 is 22.8 Å². The monoisotopic (exact) mass is 389 g/mol. The number of halogens is 3. The minimum atomic E-state index is -4.43. The van der Waals surface area contributed by atoms with E-state index in [1.807, 2.05) is 19.0 Å². The van der Waals surface area contributed by atoms with Gasteiger partial charge in [0.15, 0.2) is 0 Å². The summed E-state index contributed by atoms with van der Waals surface area (Å²) in [7, 11) is 3.79. The van der Waals surface area contributed by atoms with Gasteiger partial charge in [-0.05, 0) is 31.8 Å². The Morgan fingerprint density at radius 1 is 1.38 bits per heavy atom. The number of carbonyl (C=O) groups is 2. The highest BCUT2D eigenvalue weighted by atomic mass is 32.2. The lowest BCUT2D eigenvalue weighted by Gasteiger charge is -2.24. The van der Waals surface area contributed by atoms with Gasteiger partial charge in [-0.1, -0.05) is 12.1 Å². The highest BCUT2D eigenvalue weighted by molar-refractivity contribution is 8.00. The predicted molar refractivity (Wildman–Crippen MR) is 94.5 cm³/mol. The first kappa shape index (κ1) is 20.6. The van der Waals surface area contributed by atoms with Crippen molar-refractivity contribution in [3.63, 3.8) is 0 Å². The molecule has 26 heavy (non-hydrogen) atoms. The van der Waals surface area contributed by atoms with Crippen molar-refractivity contribution in [1.29, 1.82) is 0 Å². The van der Waals surface area contributed by atoms with E-state index in [4.69, 9.17) is 0 Å². The van der Waals surface area contributed by atoms with Crippen LogP contribution < -0.4 is 5.32 Å². The van der Waals surface area contributed by atoms with Crippen LogP contribution in [0.4, 0.5) is 13.2 Å². The third-order valence-electron chi connectivity index (χ3n) is 3.93. The summed E-state index contributed by atoms with van der Waals surface area (Å²) in [5.74, 6) is -0.152. The second-order valence-electron chi connectivity index (χ2n) is 6.28. The molecular formula is C17H22F3N3O2S. The molecule has 1 aromatic rings. The maximum absolute atomic E-state index is 12.9. The molecule has 9 heteroatoms. The number of nitrogens with zero attached hydrogens (tertiary/aromatic N) is 2. The summed E-state index contributed by atoms with van der Waals surface area (Å²) >= 11 is 1.28. The van der Waals surface area contributed by atoms with Crippen LogP contribution in [0.1, 0.15) is 22.9 Å². The Kier molecular flexibility index (Phi) is 6.94. The standard InChI is InChI=1S/C17H22F3N3O2S/c1-22(2)9-7-21-14(24)6-8-23-15(25)11-26-16(23)12-4-3-5-13(10-12)17(18,19)20/h3-5,10,16H,6-9,11H2,1-2H3,(H,21,24)/t16-/m1/s1. The summed E-state index contributed by atoms with van der Waals surface area (Å²) in [4.78, 5) is 27.4. The number of alkyl halides is 3. The first-order chi connectivity index (χ1) is 12.2. The van der Waals surface area contributed by atoms with Gasteiger partial charge in [0.25, 0.3) is 0 Å². The van der Waals surface area contributed by atoms with Crippen molar-refractivity contribution in [3.8, 4) is 0 Å². The van der Waals surface area contributed by atoms with E-state index in [-0.39, 0.29) is 30.5 Å². The van der Waals surface area contributed by atoms with Crippen LogP contribution in [0.5, 0.6) is 0 Å². The van der Waals surface area contributed by atoms with Gasteiger partial charge in [-0.15, -0.1) is 11.8 Å². The molecule has 0 unspecified atom stereocenters. The van der Waals surface area contributed by atoms with Gasteiger partial charge < -0.3 is 15.1 Å². The van der Waals surface area contributed by atoms with Crippen LogP contribution >= 0.6 is 11.8 Å². The topological polar surface area (TPSA) is 52.7 Å². The molecule has 1 N–H and O–H groups in total. The van der Waals surface area contributed by atoms with E-state index in [0.29, 0.717) is 18.7 Å². The second-order valence-corrected chi connectivity index (χ2v) is 7.35. The lowest BCUT2D eigenvalue weighted by atomic mass is 10.1. The number of amides is 2. The molecule has 2 rings (SSSR count). The number of rotatable bonds is 7. The Morgan fingerprint density at radius 2 is 2.12 bits per heavy atom. The Morgan fingerprint density at radius 3 is 2.77 bits per heavy atom. The van der Waals surface area contributed by atoms with Crippen LogP contribution in [-0.4, -0.2) is 61.1 Å². The largest absolute Gasteiger partial charge is 0.416 e. The molecule has 1 atom stereocenters. The third-order valence-corrected chi connectivity index (χ3v) is 5.18. The second kappa shape index (κ2) is 8.77. The third kappa shape index (κ3) is 5.63. The van der Waals surface area contributed by atoms with E-state index in [9.17, 15) is 22.8 Å². The number of benzene rings is 1. The van der Waals surface area contributed by atoms with Gasteiger partial charge in [0.2, 0.25) is 11.8 Å². The van der Waals surface area contributed by atoms with E-state index in [2.05, 4.69) is 5.32 Å². The lowest BCUT2D eigenvalue weighted by molar-refractivity contribution is -0.137. The molecule has 0 aliphatic carbocycles. The first-order valence-corrected chi connectivity index (χ1v) is 9.23. The van der Waals surface area contributed by atoms with E-state index in [1.54, 1.807) is 6.07 Å². The first-order valence-electron chi connectivity index (χ1n) is 8.18. The van der Waals surface area contributed by atoms with E-state index < -0.39 is 17.1 Å².